The number of carbonyl (C=O) groups is 2. The van der Waals surface area contributed by atoms with Crippen molar-refractivity contribution in [3.05, 3.63) is 88.4 Å². The van der Waals surface area contributed by atoms with Crippen LogP contribution in [0.4, 0.5) is 5.69 Å². The molecule has 41 heavy (non-hydrogen) atoms. The van der Waals surface area contributed by atoms with E-state index in [2.05, 4.69) is 28.0 Å². The van der Waals surface area contributed by atoms with Crippen molar-refractivity contribution in [2.45, 2.75) is 43.9 Å². The van der Waals surface area contributed by atoms with Gasteiger partial charge in [0, 0.05) is 5.69 Å². The van der Waals surface area contributed by atoms with E-state index in [0.717, 1.165) is 23.4 Å². The molecule has 3 aromatic rings. The Kier molecular flexibility index (Phi) is 7.71. The molecule has 2 amide bonds. The summed E-state index contributed by atoms with van der Waals surface area (Å²) in [5, 5.41) is 7.29. The summed E-state index contributed by atoms with van der Waals surface area (Å²) in [5.41, 5.74) is 6.02. The van der Waals surface area contributed by atoms with Gasteiger partial charge in [-0.05, 0) is 115 Å². The van der Waals surface area contributed by atoms with E-state index >= 15 is 0 Å². The second kappa shape index (κ2) is 11.6. The molecule has 4 saturated carbocycles. The van der Waals surface area contributed by atoms with Gasteiger partial charge in [-0.3, -0.25) is 9.59 Å². The van der Waals surface area contributed by atoms with E-state index in [9.17, 15) is 9.59 Å². The zero-order chi connectivity index (χ0) is 28.4. The zero-order valence-corrected chi connectivity index (χ0v) is 23.8. The average Bonchev–Trinajstić information content (AvgIpc) is 2.96. The number of halogens is 1. The van der Waals surface area contributed by atoms with Crippen LogP contribution >= 0.6 is 11.6 Å². The molecular formula is C33H34ClN3O4. The lowest BCUT2D eigenvalue weighted by Gasteiger charge is -2.57. The Morgan fingerprint density at radius 3 is 2.29 bits per heavy atom. The first kappa shape index (κ1) is 27.3. The summed E-state index contributed by atoms with van der Waals surface area (Å²) in [6.07, 6.45) is 9.74. The maximum absolute atomic E-state index is 12.7. The minimum atomic E-state index is -0.410. The van der Waals surface area contributed by atoms with Crippen molar-refractivity contribution in [2.75, 3.05) is 19.0 Å². The fourth-order valence-electron chi connectivity index (χ4n) is 7.47. The van der Waals surface area contributed by atoms with Gasteiger partial charge >= 0.3 is 0 Å². The SMILES string of the molecule is COc1cc(/C=N\NC(=O)c2ccccc2Cl)ccc1OCC(=O)Nc1ccc(C23CC4CC(CC(C4)C2)C3)cc1. The normalized spacial score (nSPS) is 24.3. The van der Waals surface area contributed by atoms with E-state index in [-0.39, 0.29) is 12.5 Å². The maximum Gasteiger partial charge on any atom is 0.272 e. The van der Waals surface area contributed by atoms with Crippen molar-refractivity contribution in [2.24, 2.45) is 22.9 Å². The van der Waals surface area contributed by atoms with Crippen LogP contribution in [0.3, 0.4) is 0 Å². The summed E-state index contributed by atoms with van der Waals surface area (Å²) in [5.74, 6) is 2.91. The molecule has 0 radical (unpaired) electrons. The molecule has 0 spiro atoms. The first-order valence-corrected chi connectivity index (χ1v) is 14.6. The third-order valence-corrected chi connectivity index (χ3v) is 9.19. The summed E-state index contributed by atoms with van der Waals surface area (Å²) in [7, 11) is 1.52. The predicted molar refractivity (Wildman–Crippen MR) is 160 cm³/mol. The van der Waals surface area contributed by atoms with Crippen LogP contribution in [0.15, 0.2) is 71.8 Å². The van der Waals surface area contributed by atoms with Crippen LogP contribution in [-0.2, 0) is 10.2 Å². The Bertz CT molecular complexity index is 1430. The van der Waals surface area contributed by atoms with Crippen molar-refractivity contribution in [1.82, 2.24) is 5.43 Å². The predicted octanol–water partition coefficient (Wildman–Crippen LogP) is 6.60. The topological polar surface area (TPSA) is 89.0 Å². The fourth-order valence-corrected chi connectivity index (χ4v) is 7.69. The molecule has 0 aliphatic heterocycles. The van der Waals surface area contributed by atoms with Gasteiger partial charge in [-0.2, -0.15) is 5.10 Å². The molecule has 0 saturated heterocycles. The summed E-state index contributed by atoms with van der Waals surface area (Å²) < 4.78 is 11.2. The number of carbonyl (C=O) groups excluding carboxylic acids is 2. The molecule has 0 aromatic heterocycles. The number of benzene rings is 3. The van der Waals surface area contributed by atoms with Crippen LogP contribution in [0.5, 0.6) is 11.5 Å². The highest BCUT2D eigenvalue weighted by atomic mass is 35.5. The van der Waals surface area contributed by atoms with Gasteiger partial charge < -0.3 is 14.8 Å². The van der Waals surface area contributed by atoms with Gasteiger partial charge in [0.05, 0.1) is 23.9 Å². The van der Waals surface area contributed by atoms with Gasteiger partial charge in [-0.15, -0.1) is 0 Å². The molecule has 8 heteroatoms. The second-order valence-corrected chi connectivity index (χ2v) is 12.1. The van der Waals surface area contributed by atoms with Gasteiger partial charge in [0.2, 0.25) is 0 Å². The minimum Gasteiger partial charge on any atom is -0.493 e. The molecule has 4 fully saturated rings. The number of rotatable bonds is 9. The lowest BCUT2D eigenvalue weighted by Crippen LogP contribution is -2.48. The Hall–Kier alpha value is -3.84. The van der Waals surface area contributed by atoms with Crippen LogP contribution in [0.2, 0.25) is 5.02 Å². The van der Waals surface area contributed by atoms with Gasteiger partial charge in [-0.25, -0.2) is 5.43 Å². The highest BCUT2D eigenvalue weighted by molar-refractivity contribution is 6.33. The van der Waals surface area contributed by atoms with Crippen molar-refractivity contribution >= 4 is 35.3 Å². The van der Waals surface area contributed by atoms with Crippen LogP contribution in [0, 0.1) is 17.8 Å². The molecule has 7 nitrogen and oxygen atoms in total. The second-order valence-electron chi connectivity index (χ2n) is 11.7. The van der Waals surface area contributed by atoms with Crippen molar-refractivity contribution in [3.8, 4) is 11.5 Å². The van der Waals surface area contributed by atoms with Crippen LogP contribution < -0.4 is 20.2 Å². The third-order valence-electron chi connectivity index (χ3n) is 8.86. The van der Waals surface area contributed by atoms with Crippen molar-refractivity contribution < 1.29 is 19.1 Å². The smallest absolute Gasteiger partial charge is 0.272 e. The largest absolute Gasteiger partial charge is 0.493 e. The van der Waals surface area contributed by atoms with Crippen molar-refractivity contribution in [1.29, 1.82) is 0 Å². The number of methoxy groups -OCH3 is 1. The molecule has 212 valence electrons. The molecule has 0 unspecified atom stereocenters. The Labute approximate surface area is 245 Å². The Morgan fingerprint density at radius 2 is 1.63 bits per heavy atom. The molecular weight excluding hydrogens is 538 g/mol. The first-order chi connectivity index (χ1) is 19.9. The average molecular weight is 572 g/mol. The van der Waals surface area contributed by atoms with Crippen LogP contribution in [-0.4, -0.2) is 31.7 Å². The molecule has 4 aliphatic carbocycles. The first-order valence-electron chi connectivity index (χ1n) is 14.2. The van der Waals surface area contributed by atoms with Gasteiger partial charge in [-0.1, -0.05) is 35.9 Å². The number of nitrogens with zero attached hydrogens (tertiary/aromatic N) is 1. The van der Waals surface area contributed by atoms with Crippen molar-refractivity contribution in [3.63, 3.8) is 0 Å². The van der Waals surface area contributed by atoms with E-state index in [4.69, 9.17) is 21.1 Å². The highest BCUT2D eigenvalue weighted by Crippen LogP contribution is 2.60. The zero-order valence-electron chi connectivity index (χ0n) is 23.1. The van der Waals surface area contributed by atoms with E-state index in [1.54, 1.807) is 42.5 Å². The monoisotopic (exact) mass is 571 g/mol. The molecule has 4 aliphatic rings. The highest BCUT2D eigenvalue weighted by Gasteiger charge is 2.51. The van der Waals surface area contributed by atoms with Gasteiger partial charge in [0.15, 0.2) is 18.1 Å². The maximum atomic E-state index is 12.7. The van der Waals surface area contributed by atoms with E-state index < -0.39 is 5.91 Å². The molecule has 4 bridgehead atoms. The van der Waals surface area contributed by atoms with E-state index in [0.29, 0.717) is 33.1 Å². The quantitative estimate of drug-likeness (QED) is 0.224. The number of ether oxygens (including phenoxy) is 2. The van der Waals surface area contributed by atoms with E-state index in [1.807, 2.05) is 12.1 Å². The third kappa shape index (κ3) is 5.96. The number of nitrogens with one attached hydrogen (secondary N) is 2. The molecule has 0 heterocycles. The lowest BCUT2D eigenvalue weighted by molar-refractivity contribution is -0.118. The summed E-state index contributed by atoms with van der Waals surface area (Å²) in [6.45, 7) is -0.158. The Morgan fingerprint density at radius 1 is 0.951 bits per heavy atom. The number of hydrogen-bond acceptors (Lipinski definition) is 5. The number of hydrogen-bond donors (Lipinski definition) is 2. The fraction of sp³-hybridized carbons (Fsp3) is 0.364. The van der Waals surface area contributed by atoms with Gasteiger partial charge in [0.1, 0.15) is 0 Å². The lowest BCUT2D eigenvalue weighted by atomic mass is 9.48. The van der Waals surface area contributed by atoms with Crippen LogP contribution in [0.25, 0.3) is 0 Å². The Balaban J connectivity index is 1.02. The number of hydrazone groups is 1. The molecule has 3 aromatic carbocycles. The summed E-state index contributed by atoms with van der Waals surface area (Å²) in [4.78, 5) is 24.9. The summed E-state index contributed by atoms with van der Waals surface area (Å²) >= 11 is 6.06. The van der Waals surface area contributed by atoms with Crippen LogP contribution in [0.1, 0.15) is 60.0 Å². The number of anilines is 1. The number of amides is 2. The molecule has 0 atom stereocenters. The van der Waals surface area contributed by atoms with Gasteiger partial charge in [0.25, 0.3) is 11.8 Å². The molecule has 7 rings (SSSR count). The standard InChI is InChI=1S/C33H34ClN3O4/c1-40-30-15-21(19-35-37-32(39)27-4-2-3-5-28(27)34)6-11-29(30)41-20-31(38)36-26-9-7-25(8-10-26)33-16-22-12-23(17-33)14-24(13-22)18-33/h2-11,15,19,22-24H,12-14,16-18,20H2,1H3,(H,36,38)(H,37,39)/b35-19-. The summed E-state index contributed by atoms with van der Waals surface area (Å²) in [6, 6.07) is 20.4. The molecule has 2 N–H and O–H groups in total. The van der Waals surface area contributed by atoms with E-state index in [1.165, 1.54) is 57.4 Å². The minimum absolute atomic E-state index is 0.158.